The van der Waals surface area contributed by atoms with Crippen LogP contribution < -0.4 is 16.4 Å². The fraction of sp³-hybridized carbons (Fsp3) is 0.231. The van der Waals surface area contributed by atoms with E-state index < -0.39 is 0 Å². The summed E-state index contributed by atoms with van der Waals surface area (Å²) in [5, 5.41) is 7.14. The second kappa shape index (κ2) is 4.04. The number of likely N-dealkylation sites (N-methyl/N-ethyl adjacent to an activating group) is 1. The van der Waals surface area contributed by atoms with E-state index in [-0.39, 0.29) is 0 Å². The van der Waals surface area contributed by atoms with Gasteiger partial charge in [-0.15, -0.1) is 11.8 Å². The zero-order valence-corrected chi connectivity index (χ0v) is 10.4. The monoisotopic (exact) mass is 245 g/mol. The quantitative estimate of drug-likeness (QED) is 0.664. The number of hydrogen-bond acceptors (Lipinski definition) is 4. The molecule has 1 aromatic rings. The van der Waals surface area contributed by atoms with Gasteiger partial charge in [0.1, 0.15) is 0 Å². The van der Waals surface area contributed by atoms with Gasteiger partial charge in [0.15, 0.2) is 0 Å². The Morgan fingerprint density at radius 1 is 1.41 bits per heavy atom. The maximum absolute atomic E-state index is 5.82. The van der Waals surface area contributed by atoms with Crippen LogP contribution in [0.1, 0.15) is 0 Å². The van der Waals surface area contributed by atoms with Gasteiger partial charge in [0, 0.05) is 29.0 Å². The zero-order chi connectivity index (χ0) is 11.8. The van der Waals surface area contributed by atoms with E-state index in [1.807, 2.05) is 30.9 Å². The van der Waals surface area contributed by atoms with Crippen molar-refractivity contribution in [1.82, 2.24) is 5.32 Å². The third-order valence-corrected chi connectivity index (χ3v) is 4.35. The molecule has 0 aromatic heterocycles. The minimum absolute atomic E-state index is 0.369. The van der Waals surface area contributed by atoms with Gasteiger partial charge in [-0.1, -0.05) is 6.08 Å². The highest BCUT2D eigenvalue weighted by Gasteiger charge is 2.27. The maximum atomic E-state index is 5.82. The van der Waals surface area contributed by atoms with E-state index in [0.717, 1.165) is 5.69 Å². The number of nitrogens with two attached hydrogens (primary N) is 1. The lowest BCUT2D eigenvalue weighted by atomic mass is 10.1. The summed E-state index contributed by atoms with van der Waals surface area (Å²) in [6.07, 6.45) is 6.59. The van der Waals surface area contributed by atoms with Crippen LogP contribution in [0.4, 0.5) is 11.4 Å². The Kier molecular flexibility index (Phi) is 2.52. The van der Waals surface area contributed by atoms with E-state index in [1.54, 1.807) is 0 Å². The van der Waals surface area contributed by atoms with Gasteiger partial charge < -0.3 is 16.4 Å². The van der Waals surface area contributed by atoms with Crippen molar-refractivity contribution in [2.24, 2.45) is 0 Å². The molecule has 0 bridgehead atoms. The number of thioether (sulfide) groups is 1. The standard InChI is InChI=1S/C13H15N3S/c1-15-9-3-5-11-13(7-9)17-12-6-8(14)2-4-10(12)16-11/h2-7,11,13,15-16H,14H2,1H3. The van der Waals surface area contributed by atoms with E-state index in [2.05, 4.69) is 34.9 Å². The number of benzene rings is 1. The molecule has 2 unspecified atom stereocenters. The van der Waals surface area contributed by atoms with Gasteiger partial charge in [-0.2, -0.15) is 0 Å². The summed E-state index contributed by atoms with van der Waals surface area (Å²) in [5.74, 6) is 0. The highest BCUT2D eigenvalue weighted by Crippen LogP contribution is 2.41. The van der Waals surface area contributed by atoms with Crippen molar-refractivity contribution >= 4 is 23.1 Å². The number of anilines is 2. The summed E-state index contributed by atoms with van der Waals surface area (Å²) < 4.78 is 0. The molecule has 1 aliphatic heterocycles. The Morgan fingerprint density at radius 2 is 2.29 bits per heavy atom. The molecule has 0 amide bonds. The number of nitrogen functional groups attached to an aromatic ring is 1. The number of hydrogen-bond donors (Lipinski definition) is 3. The number of fused-ring (bicyclic) bond motifs is 2. The van der Waals surface area contributed by atoms with Gasteiger partial charge in [-0.25, -0.2) is 0 Å². The first-order valence-corrected chi connectivity index (χ1v) is 6.55. The van der Waals surface area contributed by atoms with Crippen molar-refractivity contribution in [3.05, 3.63) is 42.1 Å². The van der Waals surface area contributed by atoms with Crippen molar-refractivity contribution in [3.63, 3.8) is 0 Å². The van der Waals surface area contributed by atoms with Crippen LogP contribution in [0.2, 0.25) is 0 Å². The fourth-order valence-electron chi connectivity index (χ4n) is 2.14. The van der Waals surface area contributed by atoms with Crippen molar-refractivity contribution in [3.8, 4) is 0 Å². The van der Waals surface area contributed by atoms with Crippen LogP contribution in [-0.4, -0.2) is 18.3 Å². The van der Waals surface area contributed by atoms with Crippen molar-refractivity contribution in [2.45, 2.75) is 16.2 Å². The molecule has 4 N–H and O–H groups in total. The van der Waals surface area contributed by atoms with Gasteiger partial charge >= 0.3 is 0 Å². The first kappa shape index (κ1) is 10.6. The Balaban J connectivity index is 1.94. The maximum Gasteiger partial charge on any atom is 0.0606 e. The average molecular weight is 245 g/mol. The molecular weight excluding hydrogens is 230 g/mol. The van der Waals surface area contributed by atoms with E-state index in [0.29, 0.717) is 11.3 Å². The highest BCUT2D eigenvalue weighted by molar-refractivity contribution is 8.00. The summed E-state index contributed by atoms with van der Waals surface area (Å²) in [6.45, 7) is 0. The van der Waals surface area contributed by atoms with Crippen LogP contribution in [0.5, 0.6) is 0 Å². The molecule has 0 saturated carbocycles. The summed E-state index contributed by atoms with van der Waals surface area (Å²) in [6, 6.07) is 6.40. The average Bonchev–Trinajstić information content (AvgIpc) is 2.35. The molecule has 2 aliphatic rings. The summed E-state index contributed by atoms with van der Waals surface area (Å²) in [5.41, 5.74) is 8.99. The van der Waals surface area contributed by atoms with Crippen LogP contribution in [0.25, 0.3) is 0 Å². The third-order valence-electron chi connectivity index (χ3n) is 3.06. The molecule has 1 heterocycles. The van der Waals surface area contributed by atoms with Crippen LogP contribution in [0.15, 0.2) is 47.0 Å². The summed E-state index contributed by atoms with van der Waals surface area (Å²) in [4.78, 5) is 1.23. The van der Waals surface area contributed by atoms with E-state index in [1.165, 1.54) is 16.3 Å². The molecule has 0 spiro atoms. The van der Waals surface area contributed by atoms with Crippen molar-refractivity contribution < 1.29 is 0 Å². The Labute approximate surface area is 105 Å². The second-order valence-corrected chi connectivity index (χ2v) is 5.46. The van der Waals surface area contributed by atoms with Crippen molar-refractivity contribution in [1.29, 1.82) is 0 Å². The van der Waals surface area contributed by atoms with E-state index in [4.69, 9.17) is 5.73 Å². The largest absolute Gasteiger partial charge is 0.399 e. The lowest BCUT2D eigenvalue weighted by Gasteiger charge is -2.33. The molecule has 1 aromatic carbocycles. The first-order valence-electron chi connectivity index (χ1n) is 5.67. The normalized spacial score (nSPS) is 25.4. The molecule has 3 rings (SSSR count). The van der Waals surface area contributed by atoms with Crippen LogP contribution in [0.3, 0.4) is 0 Å². The van der Waals surface area contributed by atoms with Gasteiger partial charge in [-0.3, -0.25) is 0 Å². The predicted octanol–water partition coefficient (Wildman–Crippen LogP) is 2.20. The van der Waals surface area contributed by atoms with Crippen LogP contribution in [0, 0.1) is 0 Å². The number of rotatable bonds is 1. The van der Waals surface area contributed by atoms with E-state index >= 15 is 0 Å². The summed E-state index contributed by atoms with van der Waals surface area (Å²) in [7, 11) is 1.95. The number of allylic oxidation sites excluding steroid dienone is 1. The Hall–Kier alpha value is -1.55. The van der Waals surface area contributed by atoms with Gasteiger partial charge in [0.2, 0.25) is 0 Å². The predicted molar refractivity (Wildman–Crippen MR) is 74.2 cm³/mol. The van der Waals surface area contributed by atoms with Crippen LogP contribution >= 0.6 is 11.8 Å². The highest BCUT2D eigenvalue weighted by atomic mass is 32.2. The zero-order valence-electron chi connectivity index (χ0n) is 9.60. The molecule has 4 heteroatoms. The molecule has 88 valence electrons. The lowest BCUT2D eigenvalue weighted by molar-refractivity contribution is 0.850. The first-order chi connectivity index (χ1) is 8.26. The molecule has 0 radical (unpaired) electrons. The Bertz CT molecular complexity index is 507. The molecule has 3 nitrogen and oxygen atoms in total. The molecular formula is C13H15N3S. The minimum Gasteiger partial charge on any atom is -0.399 e. The minimum atomic E-state index is 0.369. The number of nitrogens with one attached hydrogen (secondary N) is 2. The lowest BCUT2D eigenvalue weighted by Crippen LogP contribution is -2.34. The van der Waals surface area contributed by atoms with E-state index in [9.17, 15) is 0 Å². The Morgan fingerprint density at radius 3 is 3.12 bits per heavy atom. The topological polar surface area (TPSA) is 50.1 Å². The molecule has 2 atom stereocenters. The fourth-order valence-corrected chi connectivity index (χ4v) is 3.41. The summed E-state index contributed by atoms with van der Waals surface area (Å²) >= 11 is 1.86. The van der Waals surface area contributed by atoms with Gasteiger partial charge in [0.05, 0.1) is 11.3 Å². The third kappa shape index (κ3) is 1.89. The second-order valence-electron chi connectivity index (χ2n) is 4.24. The SMILES string of the molecule is CNC1=CC2Sc3cc(N)ccc3NC2C=C1. The molecule has 17 heavy (non-hydrogen) atoms. The van der Waals surface area contributed by atoms with Gasteiger partial charge in [-0.05, 0) is 30.4 Å². The van der Waals surface area contributed by atoms with Crippen LogP contribution in [-0.2, 0) is 0 Å². The smallest absolute Gasteiger partial charge is 0.0606 e. The van der Waals surface area contributed by atoms with Gasteiger partial charge in [0.25, 0.3) is 0 Å². The molecule has 1 aliphatic carbocycles. The molecule has 0 fully saturated rings. The molecule has 0 saturated heterocycles. The van der Waals surface area contributed by atoms with Crippen molar-refractivity contribution in [2.75, 3.05) is 18.1 Å².